The molecule has 3 aliphatic rings. The second-order valence-corrected chi connectivity index (χ2v) is 11.8. The highest BCUT2D eigenvalue weighted by molar-refractivity contribution is 6.09. The molecule has 1 aliphatic carbocycles. The lowest BCUT2D eigenvalue weighted by atomic mass is 9.72. The molecule has 6 nitrogen and oxygen atoms in total. The van der Waals surface area contributed by atoms with Crippen molar-refractivity contribution in [1.29, 1.82) is 0 Å². The van der Waals surface area contributed by atoms with E-state index in [0.29, 0.717) is 6.42 Å². The summed E-state index contributed by atoms with van der Waals surface area (Å²) in [5, 5.41) is 14.2. The number of amides is 2. The van der Waals surface area contributed by atoms with Crippen LogP contribution in [0.5, 0.6) is 0 Å². The Balaban J connectivity index is 1.34. The molecule has 0 bridgehead atoms. The monoisotopic (exact) mass is 548 g/mol. The van der Waals surface area contributed by atoms with Crippen molar-refractivity contribution < 1.29 is 19.5 Å². The number of fused-ring (bicyclic) bond motifs is 1. The van der Waals surface area contributed by atoms with E-state index < -0.39 is 29.4 Å². The lowest BCUT2D eigenvalue weighted by Crippen LogP contribution is -2.56. The van der Waals surface area contributed by atoms with Gasteiger partial charge in [-0.25, -0.2) is 0 Å². The fourth-order valence-corrected chi connectivity index (χ4v) is 7.16. The van der Waals surface area contributed by atoms with E-state index in [1.165, 1.54) is 4.90 Å². The highest BCUT2D eigenvalue weighted by atomic mass is 16.4. The van der Waals surface area contributed by atoms with E-state index in [-0.39, 0.29) is 24.3 Å². The smallest absolute Gasteiger partial charge is 0.324 e. The maximum absolute atomic E-state index is 14.0. The highest BCUT2D eigenvalue weighted by Crippen LogP contribution is 2.52. The van der Waals surface area contributed by atoms with Crippen LogP contribution in [0.1, 0.15) is 66.8 Å². The fourth-order valence-electron chi connectivity index (χ4n) is 7.16. The van der Waals surface area contributed by atoms with Gasteiger partial charge in [-0.05, 0) is 34.6 Å². The van der Waals surface area contributed by atoms with E-state index in [2.05, 4.69) is 5.32 Å². The molecule has 210 valence electrons. The van der Waals surface area contributed by atoms with E-state index in [9.17, 15) is 19.5 Å². The minimum atomic E-state index is -1.48. The number of aliphatic carboxylic acids is 1. The zero-order valence-electron chi connectivity index (χ0n) is 23.1. The van der Waals surface area contributed by atoms with Gasteiger partial charge in [0.05, 0.1) is 18.4 Å². The Kier molecular flexibility index (Phi) is 7.59. The van der Waals surface area contributed by atoms with E-state index in [0.717, 1.165) is 54.4 Å². The van der Waals surface area contributed by atoms with Gasteiger partial charge in [0.1, 0.15) is 5.54 Å². The van der Waals surface area contributed by atoms with E-state index in [1.54, 1.807) is 0 Å². The minimum absolute atomic E-state index is 0.153. The molecule has 2 aliphatic heterocycles. The summed E-state index contributed by atoms with van der Waals surface area (Å²) in [4.78, 5) is 42.4. The summed E-state index contributed by atoms with van der Waals surface area (Å²) in [6, 6.07) is 26.8. The molecule has 3 fully saturated rings. The molecule has 3 aromatic rings. The number of carboxylic acid groups (broad SMARTS) is 1. The number of nitrogens with zero attached hydrogens (tertiary/aromatic N) is 1. The van der Waals surface area contributed by atoms with E-state index in [4.69, 9.17) is 0 Å². The van der Waals surface area contributed by atoms with Crippen molar-refractivity contribution in [3.63, 3.8) is 0 Å². The first kappa shape index (κ1) is 27.2. The van der Waals surface area contributed by atoms with Crippen molar-refractivity contribution in [2.24, 2.45) is 17.8 Å². The Morgan fingerprint density at radius 1 is 0.829 bits per heavy atom. The zero-order chi connectivity index (χ0) is 28.4. The lowest BCUT2D eigenvalue weighted by molar-refractivity contribution is -0.152. The van der Waals surface area contributed by atoms with Crippen LogP contribution in [-0.4, -0.2) is 33.3 Å². The summed E-state index contributed by atoms with van der Waals surface area (Å²) in [6.07, 6.45) is 9.64. The summed E-state index contributed by atoms with van der Waals surface area (Å²) in [5.41, 5.74) is 2.28. The van der Waals surface area contributed by atoms with Crippen molar-refractivity contribution >= 4 is 29.9 Å². The highest BCUT2D eigenvalue weighted by Gasteiger charge is 2.68. The predicted octanol–water partition coefficient (Wildman–Crippen LogP) is 6.10. The molecule has 4 atom stereocenters. The van der Waals surface area contributed by atoms with Crippen molar-refractivity contribution in [3.8, 4) is 0 Å². The molecule has 2 amide bonds. The molecule has 2 heterocycles. The molecule has 1 saturated carbocycles. The number of nitrogens with one attached hydrogen (secondary N) is 1. The molecule has 6 heteroatoms. The first-order chi connectivity index (χ1) is 20.0. The third kappa shape index (κ3) is 5.24. The Labute approximate surface area is 241 Å². The third-order valence-corrected chi connectivity index (χ3v) is 9.21. The predicted molar refractivity (Wildman–Crippen MR) is 158 cm³/mol. The van der Waals surface area contributed by atoms with Crippen LogP contribution >= 0.6 is 0 Å². The van der Waals surface area contributed by atoms with Crippen LogP contribution in [0.25, 0.3) is 12.2 Å². The molecule has 3 aromatic carbocycles. The molecule has 41 heavy (non-hydrogen) atoms. The van der Waals surface area contributed by atoms with E-state index in [1.807, 2.05) is 97.1 Å². The summed E-state index contributed by atoms with van der Waals surface area (Å²) in [6.45, 7) is 0.153. The summed E-state index contributed by atoms with van der Waals surface area (Å²) in [7, 11) is 0. The number of hydrogen-bond donors (Lipinski definition) is 2. The molecule has 6 rings (SSSR count). The van der Waals surface area contributed by atoms with Crippen LogP contribution in [0, 0.1) is 17.8 Å². The largest absolute Gasteiger partial charge is 0.480 e. The van der Waals surface area contributed by atoms with Crippen molar-refractivity contribution in [1.82, 2.24) is 10.2 Å². The number of rotatable bonds is 8. The molecular formula is C35H36N2O4. The number of carboxylic acids is 1. The average Bonchev–Trinajstić information content (AvgIpc) is 3.47. The van der Waals surface area contributed by atoms with Gasteiger partial charge in [-0.3, -0.25) is 24.6 Å². The van der Waals surface area contributed by atoms with Crippen LogP contribution < -0.4 is 5.32 Å². The number of benzene rings is 3. The van der Waals surface area contributed by atoms with Crippen LogP contribution in [0.4, 0.5) is 0 Å². The first-order valence-electron chi connectivity index (χ1n) is 14.7. The van der Waals surface area contributed by atoms with Gasteiger partial charge in [-0.1, -0.05) is 129 Å². The zero-order valence-corrected chi connectivity index (χ0v) is 23.1. The van der Waals surface area contributed by atoms with Crippen LogP contribution in [0.2, 0.25) is 0 Å². The number of likely N-dealkylation sites (tertiary alicyclic amines) is 1. The molecule has 0 radical (unpaired) electrons. The summed E-state index contributed by atoms with van der Waals surface area (Å²) in [5.74, 6) is -3.20. The van der Waals surface area contributed by atoms with Crippen molar-refractivity contribution in [3.05, 3.63) is 107 Å². The second kappa shape index (κ2) is 11.5. The molecule has 2 N–H and O–H groups in total. The Bertz CT molecular complexity index is 1430. The molecule has 2 saturated heterocycles. The summed E-state index contributed by atoms with van der Waals surface area (Å²) >= 11 is 0. The van der Waals surface area contributed by atoms with Gasteiger partial charge in [-0.2, -0.15) is 0 Å². The van der Waals surface area contributed by atoms with Gasteiger partial charge in [0, 0.05) is 6.04 Å². The summed E-state index contributed by atoms with van der Waals surface area (Å²) < 4.78 is 0. The molecule has 0 spiro atoms. The van der Waals surface area contributed by atoms with Gasteiger partial charge >= 0.3 is 5.97 Å². The maximum Gasteiger partial charge on any atom is 0.324 e. The first-order valence-corrected chi connectivity index (χ1v) is 14.7. The lowest BCUT2D eigenvalue weighted by Gasteiger charge is -2.35. The van der Waals surface area contributed by atoms with Crippen LogP contribution in [0.15, 0.2) is 84.9 Å². The normalized spacial score (nSPS) is 26.5. The maximum atomic E-state index is 14.0. The second-order valence-electron chi connectivity index (χ2n) is 11.8. The molecular weight excluding hydrogens is 512 g/mol. The SMILES string of the molecule is O=C1C2C(c3ccc(C=Cc4ccccc4)cc3)NC(CC3CCCCC3)(C(=O)O)C2C(=O)N1Cc1ccccc1. The van der Waals surface area contributed by atoms with E-state index >= 15 is 0 Å². The minimum Gasteiger partial charge on any atom is -0.480 e. The standard InChI is InChI=1S/C35H36N2O4/c38-32-29-30(33(39)37(32)23-27-14-8-3-9-15-27)35(34(40)41,22-26-12-6-2-7-13-26)36-31(29)28-20-18-25(19-21-28)17-16-24-10-4-1-5-11-24/h1,3-5,8-11,14-21,26,29-31,36H,2,6-7,12-13,22-23H2,(H,40,41). The van der Waals surface area contributed by atoms with Gasteiger partial charge in [0.15, 0.2) is 0 Å². The van der Waals surface area contributed by atoms with Crippen molar-refractivity contribution in [2.75, 3.05) is 0 Å². The fraction of sp³-hybridized carbons (Fsp3) is 0.343. The molecule has 0 aromatic heterocycles. The van der Waals surface area contributed by atoms with Crippen molar-refractivity contribution in [2.45, 2.75) is 56.7 Å². The Morgan fingerprint density at radius 2 is 1.44 bits per heavy atom. The number of carbonyl (C=O) groups is 3. The Morgan fingerprint density at radius 3 is 2.07 bits per heavy atom. The number of hydrogen-bond acceptors (Lipinski definition) is 4. The number of imide groups is 1. The average molecular weight is 549 g/mol. The quantitative estimate of drug-likeness (QED) is 0.263. The van der Waals surface area contributed by atoms with Gasteiger partial charge in [0.25, 0.3) is 0 Å². The molecule has 4 unspecified atom stereocenters. The van der Waals surface area contributed by atoms with Crippen LogP contribution in [-0.2, 0) is 20.9 Å². The Hall–Kier alpha value is -4.03. The third-order valence-electron chi connectivity index (χ3n) is 9.21. The van der Waals surface area contributed by atoms with Gasteiger partial charge in [0.2, 0.25) is 11.8 Å². The topological polar surface area (TPSA) is 86.7 Å². The van der Waals surface area contributed by atoms with Gasteiger partial charge in [-0.15, -0.1) is 0 Å². The van der Waals surface area contributed by atoms with Gasteiger partial charge < -0.3 is 5.11 Å². The number of carbonyl (C=O) groups excluding carboxylic acids is 2. The van der Waals surface area contributed by atoms with Crippen LogP contribution in [0.3, 0.4) is 0 Å².